The van der Waals surface area contributed by atoms with Gasteiger partial charge in [-0.25, -0.2) is 13.8 Å². The number of fused-ring (bicyclic) bond motifs is 1. The molecule has 0 unspecified atom stereocenters. The number of nitrogens with two attached hydrogens (primary N) is 1. The number of benzene rings is 2. The van der Waals surface area contributed by atoms with Gasteiger partial charge in [0.1, 0.15) is 11.6 Å². The Hall–Kier alpha value is -4.14. The lowest BCUT2D eigenvalue weighted by Crippen LogP contribution is -2.17. The first-order valence-corrected chi connectivity index (χ1v) is 9.26. The lowest BCUT2D eigenvalue weighted by Gasteiger charge is -2.11. The van der Waals surface area contributed by atoms with E-state index in [4.69, 9.17) is 5.73 Å². The second-order valence-corrected chi connectivity index (χ2v) is 6.96. The average Bonchev–Trinajstić information content (AvgIpc) is 3.03. The Morgan fingerprint density at radius 2 is 1.74 bits per heavy atom. The van der Waals surface area contributed by atoms with Crippen LogP contribution in [-0.4, -0.2) is 26.6 Å². The summed E-state index contributed by atoms with van der Waals surface area (Å²) in [6.45, 7) is 1.73. The SMILES string of the molecule is Cc1nn(C)c2nc(-c3ccccc3)cc(C(=O)Nc3cc(C(N)=O)c(F)cc3F)c12. The zero-order valence-electron chi connectivity index (χ0n) is 16.6. The lowest BCUT2D eigenvalue weighted by molar-refractivity contribution is 0.0992. The highest BCUT2D eigenvalue weighted by Crippen LogP contribution is 2.28. The number of hydrogen-bond donors (Lipinski definition) is 2. The van der Waals surface area contributed by atoms with E-state index in [1.807, 2.05) is 30.3 Å². The van der Waals surface area contributed by atoms with E-state index in [0.717, 1.165) is 11.6 Å². The normalized spacial score (nSPS) is 11.0. The molecule has 7 nitrogen and oxygen atoms in total. The Morgan fingerprint density at radius 3 is 2.42 bits per heavy atom. The van der Waals surface area contributed by atoms with Crippen molar-refractivity contribution in [2.45, 2.75) is 6.92 Å². The number of carbonyl (C=O) groups is 2. The maximum absolute atomic E-state index is 14.3. The molecular formula is C22H17F2N5O2. The molecule has 0 aliphatic heterocycles. The van der Waals surface area contributed by atoms with Gasteiger partial charge < -0.3 is 11.1 Å². The third-order valence-corrected chi connectivity index (χ3v) is 4.85. The van der Waals surface area contributed by atoms with Gasteiger partial charge in [-0.05, 0) is 19.1 Å². The number of primary amides is 1. The molecule has 0 radical (unpaired) electrons. The van der Waals surface area contributed by atoms with Gasteiger partial charge >= 0.3 is 0 Å². The first kappa shape index (κ1) is 20.1. The maximum Gasteiger partial charge on any atom is 0.256 e. The monoisotopic (exact) mass is 421 g/mol. The minimum Gasteiger partial charge on any atom is -0.366 e. The molecule has 0 spiro atoms. The Kier molecular flexibility index (Phi) is 4.94. The first-order chi connectivity index (χ1) is 14.8. The molecule has 0 fully saturated rings. The molecule has 9 heteroatoms. The number of rotatable bonds is 4. The summed E-state index contributed by atoms with van der Waals surface area (Å²) in [5.41, 5.74) is 6.78. The number of carbonyl (C=O) groups excluding carboxylic acids is 2. The predicted octanol–water partition coefficient (Wildman–Crippen LogP) is 3.57. The van der Waals surface area contributed by atoms with Crippen LogP contribution in [-0.2, 0) is 7.05 Å². The van der Waals surface area contributed by atoms with Crippen molar-refractivity contribution >= 4 is 28.5 Å². The number of halogens is 2. The Labute approximate surface area is 175 Å². The number of pyridine rings is 1. The van der Waals surface area contributed by atoms with Gasteiger partial charge in [-0.15, -0.1) is 0 Å². The highest BCUT2D eigenvalue weighted by molar-refractivity contribution is 6.13. The van der Waals surface area contributed by atoms with Gasteiger partial charge in [0, 0.05) is 18.7 Å². The van der Waals surface area contributed by atoms with E-state index < -0.39 is 29.0 Å². The molecular weight excluding hydrogens is 404 g/mol. The summed E-state index contributed by atoms with van der Waals surface area (Å²) in [6.07, 6.45) is 0. The van der Waals surface area contributed by atoms with Crippen molar-refractivity contribution in [1.82, 2.24) is 14.8 Å². The molecule has 0 aliphatic rings. The average molecular weight is 421 g/mol. The van der Waals surface area contributed by atoms with Gasteiger partial charge in [-0.2, -0.15) is 5.10 Å². The van der Waals surface area contributed by atoms with Crippen LogP contribution < -0.4 is 11.1 Å². The molecule has 0 atom stereocenters. The fraction of sp³-hybridized carbons (Fsp3) is 0.0909. The van der Waals surface area contributed by atoms with Crippen LogP contribution in [0, 0.1) is 18.6 Å². The number of hydrogen-bond acceptors (Lipinski definition) is 4. The minimum absolute atomic E-state index is 0.207. The third-order valence-electron chi connectivity index (χ3n) is 4.85. The molecule has 156 valence electrons. The van der Waals surface area contributed by atoms with Crippen molar-refractivity contribution < 1.29 is 18.4 Å². The molecule has 2 aromatic heterocycles. The predicted molar refractivity (Wildman–Crippen MR) is 112 cm³/mol. The van der Waals surface area contributed by atoms with Crippen LogP contribution in [0.5, 0.6) is 0 Å². The summed E-state index contributed by atoms with van der Waals surface area (Å²) in [5, 5.41) is 7.23. The van der Waals surface area contributed by atoms with Gasteiger partial charge in [0.2, 0.25) is 0 Å². The summed E-state index contributed by atoms with van der Waals surface area (Å²) in [5.74, 6) is -3.88. The zero-order valence-corrected chi connectivity index (χ0v) is 16.6. The number of aryl methyl sites for hydroxylation is 2. The van der Waals surface area contributed by atoms with Crippen molar-refractivity contribution in [3.8, 4) is 11.3 Å². The molecule has 2 heterocycles. The summed E-state index contributed by atoms with van der Waals surface area (Å²) in [4.78, 5) is 29.1. The van der Waals surface area contributed by atoms with Crippen LogP contribution in [0.3, 0.4) is 0 Å². The number of amides is 2. The van der Waals surface area contributed by atoms with Gasteiger partial charge in [0.15, 0.2) is 5.65 Å². The first-order valence-electron chi connectivity index (χ1n) is 9.26. The third kappa shape index (κ3) is 3.61. The van der Waals surface area contributed by atoms with E-state index in [9.17, 15) is 18.4 Å². The number of aromatic nitrogens is 3. The van der Waals surface area contributed by atoms with Crippen molar-refractivity contribution in [3.05, 3.63) is 77.0 Å². The molecule has 4 rings (SSSR count). The smallest absolute Gasteiger partial charge is 0.256 e. The molecule has 31 heavy (non-hydrogen) atoms. The van der Waals surface area contributed by atoms with Gasteiger partial charge in [-0.1, -0.05) is 30.3 Å². The van der Waals surface area contributed by atoms with Crippen LogP contribution in [0.25, 0.3) is 22.3 Å². The van der Waals surface area contributed by atoms with Crippen LogP contribution >= 0.6 is 0 Å². The Balaban J connectivity index is 1.85. The van der Waals surface area contributed by atoms with E-state index in [2.05, 4.69) is 15.4 Å². The quantitative estimate of drug-likeness (QED) is 0.526. The highest BCUT2D eigenvalue weighted by Gasteiger charge is 2.21. The Bertz CT molecular complexity index is 1350. The van der Waals surface area contributed by atoms with E-state index in [1.165, 1.54) is 0 Å². The molecule has 4 aromatic rings. The second kappa shape index (κ2) is 7.60. The van der Waals surface area contributed by atoms with Crippen molar-refractivity contribution in [3.63, 3.8) is 0 Å². The largest absolute Gasteiger partial charge is 0.366 e. The van der Waals surface area contributed by atoms with Crippen LogP contribution in [0.4, 0.5) is 14.5 Å². The van der Waals surface area contributed by atoms with Gasteiger partial charge in [-0.3, -0.25) is 14.3 Å². The van der Waals surface area contributed by atoms with Crippen LogP contribution in [0.1, 0.15) is 26.4 Å². The molecule has 0 bridgehead atoms. The summed E-state index contributed by atoms with van der Waals surface area (Å²) in [7, 11) is 1.71. The maximum atomic E-state index is 14.3. The van der Waals surface area contributed by atoms with Crippen molar-refractivity contribution in [2.75, 3.05) is 5.32 Å². The zero-order chi connectivity index (χ0) is 22.3. The summed E-state index contributed by atoms with van der Waals surface area (Å²) < 4.78 is 29.6. The fourth-order valence-electron chi connectivity index (χ4n) is 3.40. The van der Waals surface area contributed by atoms with Crippen LogP contribution in [0.2, 0.25) is 0 Å². The summed E-state index contributed by atoms with van der Waals surface area (Å²) >= 11 is 0. The molecule has 2 amide bonds. The van der Waals surface area contributed by atoms with Gasteiger partial charge in [0.25, 0.3) is 11.8 Å². The van der Waals surface area contributed by atoms with E-state index >= 15 is 0 Å². The minimum atomic E-state index is -1.11. The second-order valence-electron chi connectivity index (χ2n) is 6.96. The summed E-state index contributed by atoms with van der Waals surface area (Å²) in [6, 6.07) is 12.2. The highest BCUT2D eigenvalue weighted by atomic mass is 19.1. The molecule has 2 aromatic carbocycles. The number of anilines is 1. The lowest BCUT2D eigenvalue weighted by atomic mass is 10.0. The molecule has 3 N–H and O–H groups in total. The number of nitrogens with zero attached hydrogens (tertiary/aromatic N) is 3. The van der Waals surface area contributed by atoms with E-state index in [0.29, 0.717) is 28.5 Å². The van der Waals surface area contributed by atoms with Gasteiger partial charge in [0.05, 0.1) is 33.6 Å². The standard InChI is InChI=1S/C22H17F2N5O2/c1-11-19-14(22(31)27-18-8-13(20(25)30)15(23)10-16(18)24)9-17(12-6-4-3-5-7-12)26-21(19)29(2)28-11/h3-10H,1-2H3,(H2,25,30)(H,27,31). The van der Waals surface area contributed by atoms with Crippen LogP contribution in [0.15, 0.2) is 48.5 Å². The topological polar surface area (TPSA) is 103 Å². The Morgan fingerprint density at radius 1 is 1.03 bits per heavy atom. The fourth-order valence-corrected chi connectivity index (χ4v) is 3.40. The van der Waals surface area contributed by atoms with E-state index in [1.54, 1.807) is 24.7 Å². The van der Waals surface area contributed by atoms with E-state index in [-0.39, 0.29) is 11.3 Å². The van der Waals surface area contributed by atoms with Crippen molar-refractivity contribution in [2.24, 2.45) is 12.8 Å². The molecule has 0 saturated carbocycles. The molecule has 0 aliphatic carbocycles. The molecule has 0 saturated heterocycles. The number of nitrogens with one attached hydrogen (secondary N) is 1. The van der Waals surface area contributed by atoms with Crippen molar-refractivity contribution in [1.29, 1.82) is 0 Å².